The molecule has 0 amide bonds. The zero-order valence-electron chi connectivity index (χ0n) is 11.8. The summed E-state index contributed by atoms with van der Waals surface area (Å²) in [6.45, 7) is 4.04. The summed E-state index contributed by atoms with van der Waals surface area (Å²) in [5.74, 6) is 0.441. The number of aromatic nitrogens is 4. The molecule has 1 aromatic carbocycles. The SMILES string of the molecule is Cc1ccc(-c2nn(-c3ncccn3)cc2C=O)c(C)c1. The second-order valence-corrected chi connectivity index (χ2v) is 4.86. The van der Waals surface area contributed by atoms with Gasteiger partial charge in [-0.1, -0.05) is 23.8 Å². The van der Waals surface area contributed by atoms with Crippen molar-refractivity contribution in [3.05, 3.63) is 59.5 Å². The van der Waals surface area contributed by atoms with E-state index in [9.17, 15) is 4.79 Å². The van der Waals surface area contributed by atoms with E-state index in [1.165, 1.54) is 10.2 Å². The van der Waals surface area contributed by atoms with Gasteiger partial charge in [0.15, 0.2) is 6.29 Å². The number of carbonyl (C=O) groups is 1. The van der Waals surface area contributed by atoms with E-state index in [1.807, 2.05) is 26.0 Å². The number of rotatable bonds is 3. The van der Waals surface area contributed by atoms with E-state index in [0.29, 0.717) is 17.2 Å². The molecule has 0 fully saturated rings. The van der Waals surface area contributed by atoms with Crippen LogP contribution in [0.1, 0.15) is 21.5 Å². The lowest BCUT2D eigenvalue weighted by Crippen LogP contribution is -2.00. The number of hydrogen-bond acceptors (Lipinski definition) is 4. The van der Waals surface area contributed by atoms with Crippen LogP contribution in [0, 0.1) is 13.8 Å². The highest BCUT2D eigenvalue weighted by Gasteiger charge is 2.14. The highest BCUT2D eigenvalue weighted by Crippen LogP contribution is 2.25. The molecule has 0 spiro atoms. The summed E-state index contributed by atoms with van der Waals surface area (Å²) in [5, 5.41) is 4.47. The van der Waals surface area contributed by atoms with Gasteiger partial charge in [-0.2, -0.15) is 5.10 Å². The normalized spacial score (nSPS) is 10.6. The number of benzene rings is 1. The van der Waals surface area contributed by atoms with Crippen molar-refractivity contribution in [2.75, 3.05) is 0 Å². The van der Waals surface area contributed by atoms with Crippen molar-refractivity contribution in [3.63, 3.8) is 0 Å². The summed E-state index contributed by atoms with van der Waals surface area (Å²) in [6, 6.07) is 7.80. The van der Waals surface area contributed by atoms with Crippen LogP contribution in [0.25, 0.3) is 17.2 Å². The van der Waals surface area contributed by atoms with Crippen LogP contribution in [-0.4, -0.2) is 26.0 Å². The van der Waals surface area contributed by atoms with Crippen LogP contribution in [0.15, 0.2) is 42.9 Å². The first-order valence-corrected chi connectivity index (χ1v) is 6.59. The Morgan fingerprint density at radius 3 is 2.57 bits per heavy atom. The Hall–Kier alpha value is -2.82. The molecule has 5 heteroatoms. The third-order valence-corrected chi connectivity index (χ3v) is 3.26. The van der Waals surface area contributed by atoms with Crippen molar-refractivity contribution in [3.8, 4) is 17.2 Å². The first-order valence-electron chi connectivity index (χ1n) is 6.59. The molecule has 3 aromatic rings. The Bertz CT molecular complexity index is 793. The molecule has 5 nitrogen and oxygen atoms in total. The van der Waals surface area contributed by atoms with Crippen molar-refractivity contribution in [1.82, 2.24) is 19.7 Å². The summed E-state index contributed by atoms with van der Waals surface area (Å²) in [7, 11) is 0. The number of carbonyl (C=O) groups excluding carboxylic acids is 1. The van der Waals surface area contributed by atoms with Crippen LogP contribution >= 0.6 is 0 Å². The van der Waals surface area contributed by atoms with Crippen molar-refractivity contribution in [2.24, 2.45) is 0 Å². The topological polar surface area (TPSA) is 60.7 Å². The maximum atomic E-state index is 11.3. The molecule has 3 rings (SSSR count). The fourth-order valence-corrected chi connectivity index (χ4v) is 2.27. The fourth-order valence-electron chi connectivity index (χ4n) is 2.27. The maximum absolute atomic E-state index is 11.3. The van der Waals surface area contributed by atoms with Crippen LogP contribution in [0.3, 0.4) is 0 Å². The van der Waals surface area contributed by atoms with Gasteiger partial charge in [-0.05, 0) is 25.5 Å². The Morgan fingerprint density at radius 2 is 1.90 bits per heavy atom. The van der Waals surface area contributed by atoms with Gasteiger partial charge in [0.05, 0.1) is 5.56 Å². The van der Waals surface area contributed by atoms with Crippen molar-refractivity contribution in [1.29, 1.82) is 0 Å². The summed E-state index contributed by atoms with van der Waals surface area (Å²) in [5.41, 5.74) is 4.37. The molecule has 0 saturated heterocycles. The zero-order chi connectivity index (χ0) is 14.8. The molecule has 2 heterocycles. The minimum absolute atomic E-state index is 0.441. The Balaban J connectivity index is 2.15. The van der Waals surface area contributed by atoms with E-state index in [2.05, 4.69) is 21.1 Å². The number of nitrogens with zero attached hydrogens (tertiary/aromatic N) is 4. The number of aryl methyl sites for hydroxylation is 2. The smallest absolute Gasteiger partial charge is 0.250 e. The summed E-state index contributed by atoms with van der Waals surface area (Å²) < 4.78 is 1.53. The first-order chi connectivity index (χ1) is 10.2. The molecule has 0 radical (unpaired) electrons. The van der Waals surface area contributed by atoms with Gasteiger partial charge in [0, 0.05) is 24.2 Å². The molecule has 0 N–H and O–H groups in total. The molecule has 104 valence electrons. The maximum Gasteiger partial charge on any atom is 0.250 e. The molecule has 0 aliphatic rings. The van der Waals surface area contributed by atoms with Crippen LogP contribution in [0.5, 0.6) is 0 Å². The molecule has 0 bridgehead atoms. The van der Waals surface area contributed by atoms with Crippen LogP contribution in [0.4, 0.5) is 0 Å². The van der Waals surface area contributed by atoms with Gasteiger partial charge in [-0.15, -0.1) is 0 Å². The van der Waals surface area contributed by atoms with Crippen molar-refractivity contribution >= 4 is 6.29 Å². The van der Waals surface area contributed by atoms with Crippen LogP contribution < -0.4 is 0 Å². The van der Waals surface area contributed by atoms with Crippen LogP contribution in [0.2, 0.25) is 0 Å². The van der Waals surface area contributed by atoms with Crippen LogP contribution in [-0.2, 0) is 0 Å². The minimum Gasteiger partial charge on any atom is -0.298 e. The largest absolute Gasteiger partial charge is 0.298 e. The van der Waals surface area contributed by atoms with Crippen molar-refractivity contribution in [2.45, 2.75) is 13.8 Å². The Labute approximate surface area is 122 Å². The van der Waals surface area contributed by atoms with Gasteiger partial charge in [-0.25, -0.2) is 14.6 Å². The summed E-state index contributed by atoms with van der Waals surface area (Å²) in [4.78, 5) is 19.6. The second-order valence-electron chi connectivity index (χ2n) is 4.86. The van der Waals surface area contributed by atoms with E-state index in [4.69, 9.17) is 0 Å². The summed E-state index contributed by atoms with van der Waals surface area (Å²) >= 11 is 0. The molecule has 0 aliphatic carbocycles. The monoisotopic (exact) mass is 278 g/mol. The molecule has 2 aromatic heterocycles. The molecule has 0 saturated carbocycles. The molecule has 21 heavy (non-hydrogen) atoms. The minimum atomic E-state index is 0.441. The lowest BCUT2D eigenvalue weighted by Gasteiger charge is -2.04. The lowest BCUT2D eigenvalue weighted by atomic mass is 10.0. The van der Waals surface area contributed by atoms with E-state index in [1.54, 1.807) is 24.7 Å². The Kier molecular flexibility index (Phi) is 3.31. The van der Waals surface area contributed by atoms with E-state index in [0.717, 1.165) is 17.4 Å². The molecular weight excluding hydrogens is 264 g/mol. The predicted molar refractivity (Wildman–Crippen MR) is 79.5 cm³/mol. The molecule has 0 unspecified atom stereocenters. The first kappa shape index (κ1) is 13.2. The number of aldehydes is 1. The van der Waals surface area contributed by atoms with Gasteiger partial charge >= 0.3 is 0 Å². The highest BCUT2D eigenvalue weighted by atomic mass is 16.1. The average molecular weight is 278 g/mol. The molecule has 0 aliphatic heterocycles. The highest BCUT2D eigenvalue weighted by molar-refractivity contribution is 5.86. The third-order valence-electron chi connectivity index (χ3n) is 3.26. The molecular formula is C16H14N4O. The van der Waals surface area contributed by atoms with E-state index >= 15 is 0 Å². The quantitative estimate of drug-likeness (QED) is 0.691. The van der Waals surface area contributed by atoms with Gasteiger partial charge in [-0.3, -0.25) is 4.79 Å². The average Bonchev–Trinajstić information content (AvgIpc) is 2.92. The van der Waals surface area contributed by atoms with Crippen molar-refractivity contribution < 1.29 is 4.79 Å². The molecule has 0 atom stereocenters. The third kappa shape index (κ3) is 2.45. The fraction of sp³-hybridized carbons (Fsp3) is 0.125. The summed E-state index contributed by atoms with van der Waals surface area (Å²) in [6.07, 6.45) is 5.74. The lowest BCUT2D eigenvalue weighted by molar-refractivity contribution is 0.112. The van der Waals surface area contributed by atoms with Gasteiger partial charge < -0.3 is 0 Å². The van der Waals surface area contributed by atoms with Gasteiger partial charge in [0.1, 0.15) is 5.69 Å². The predicted octanol–water partition coefficient (Wildman–Crippen LogP) is 2.76. The number of hydrogen-bond donors (Lipinski definition) is 0. The van der Waals surface area contributed by atoms with E-state index in [-0.39, 0.29) is 0 Å². The second kappa shape index (κ2) is 5.28. The Morgan fingerprint density at radius 1 is 1.14 bits per heavy atom. The standard InChI is InChI=1S/C16H14N4O/c1-11-4-5-14(12(2)8-11)15-13(10-21)9-20(19-15)16-17-6-3-7-18-16/h3-10H,1-2H3. The zero-order valence-corrected chi connectivity index (χ0v) is 11.8. The van der Waals surface area contributed by atoms with Gasteiger partial charge in [0.25, 0.3) is 0 Å². The van der Waals surface area contributed by atoms with Gasteiger partial charge in [0.2, 0.25) is 5.95 Å². The van der Waals surface area contributed by atoms with E-state index < -0.39 is 0 Å².